The quantitative estimate of drug-likeness (QED) is 0.533. The van der Waals surface area contributed by atoms with Crippen molar-refractivity contribution in [2.24, 2.45) is 0 Å². The monoisotopic (exact) mass is 516 g/mol. The molecule has 9 nitrogen and oxygen atoms in total. The highest BCUT2D eigenvalue weighted by Crippen LogP contribution is 2.27. The van der Waals surface area contributed by atoms with Crippen LogP contribution in [0.15, 0.2) is 41.3 Å². The van der Waals surface area contributed by atoms with Crippen molar-refractivity contribution in [3.8, 4) is 17.6 Å². The molecule has 0 amide bonds. The molecule has 36 heavy (non-hydrogen) atoms. The second-order valence-electron chi connectivity index (χ2n) is 9.27. The molecule has 2 saturated heterocycles. The molecule has 2 bridgehead atoms. The van der Waals surface area contributed by atoms with Crippen molar-refractivity contribution in [1.29, 1.82) is 5.26 Å². The minimum atomic E-state index is -3.58. The predicted octanol–water partition coefficient (Wildman–Crippen LogP) is 1.37. The van der Waals surface area contributed by atoms with E-state index in [2.05, 4.69) is 14.5 Å². The van der Waals surface area contributed by atoms with Gasteiger partial charge in [-0.2, -0.15) is 5.26 Å². The number of nitriles is 1. The zero-order valence-corrected chi connectivity index (χ0v) is 20.7. The highest BCUT2D eigenvalue weighted by atomic mass is 32.2. The van der Waals surface area contributed by atoms with Gasteiger partial charge in [0.2, 0.25) is 10.0 Å². The minimum Gasteiger partial charge on any atom is -0.493 e. The lowest BCUT2D eigenvalue weighted by Crippen LogP contribution is -2.60. The normalized spacial score (nSPS) is 22.0. The zero-order chi connectivity index (χ0) is 25.1. The number of sulfonamides is 1. The molecule has 0 aliphatic carbocycles. The van der Waals surface area contributed by atoms with Gasteiger partial charge < -0.3 is 14.2 Å². The summed E-state index contributed by atoms with van der Waals surface area (Å²) in [5.41, 5.74) is 1.19. The van der Waals surface area contributed by atoms with Crippen molar-refractivity contribution in [2.45, 2.75) is 23.5 Å². The van der Waals surface area contributed by atoms with Crippen LogP contribution in [0.1, 0.15) is 11.1 Å². The zero-order valence-electron chi connectivity index (χ0n) is 19.9. The fourth-order valence-corrected chi connectivity index (χ4v) is 6.02. The molecule has 0 radical (unpaired) electrons. The van der Waals surface area contributed by atoms with Gasteiger partial charge >= 0.3 is 0 Å². The van der Waals surface area contributed by atoms with Gasteiger partial charge in [-0.15, -0.1) is 0 Å². The third-order valence-corrected chi connectivity index (χ3v) is 8.11. The Bertz CT molecular complexity index is 1240. The molecule has 2 fully saturated rings. The summed E-state index contributed by atoms with van der Waals surface area (Å²) in [4.78, 5) is 4.75. The van der Waals surface area contributed by atoms with E-state index in [-0.39, 0.29) is 28.4 Å². The molecule has 11 heteroatoms. The van der Waals surface area contributed by atoms with Crippen molar-refractivity contribution in [1.82, 2.24) is 14.5 Å². The van der Waals surface area contributed by atoms with Gasteiger partial charge in [0, 0.05) is 52.2 Å². The number of hydrogen-bond donors (Lipinski definition) is 1. The number of nitrogens with zero attached hydrogens (tertiary/aromatic N) is 3. The molecule has 0 spiro atoms. The highest BCUT2D eigenvalue weighted by molar-refractivity contribution is 7.89. The third kappa shape index (κ3) is 5.79. The van der Waals surface area contributed by atoms with Crippen molar-refractivity contribution >= 4 is 10.0 Å². The first-order valence-electron chi connectivity index (χ1n) is 12.1. The number of rotatable bonds is 9. The van der Waals surface area contributed by atoms with Crippen LogP contribution in [0.3, 0.4) is 0 Å². The first-order chi connectivity index (χ1) is 17.4. The number of hydrogen-bond acceptors (Lipinski definition) is 8. The van der Waals surface area contributed by atoms with Gasteiger partial charge in [0.15, 0.2) is 11.6 Å². The number of ether oxygens (including phenoxy) is 3. The molecule has 3 aliphatic rings. The van der Waals surface area contributed by atoms with Crippen molar-refractivity contribution in [2.75, 3.05) is 59.0 Å². The summed E-state index contributed by atoms with van der Waals surface area (Å²) in [6.45, 7) is 5.39. The number of benzene rings is 2. The molecule has 3 aliphatic heterocycles. The van der Waals surface area contributed by atoms with Crippen molar-refractivity contribution < 1.29 is 27.0 Å². The second-order valence-corrected chi connectivity index (χ2v) is 11.0. The Hall–Kier alpha value is -2.75. The largest absolute Gasteiger partial charge is 0.493 e. The van der Waals surface area contributed by atoms with Gasteiger partial charge in [-0.25, -0.2) is 17.5 Å². The Labute approximate surface area is 210 Å². The molecular weight excluding hydrogens is 487 g/mol. The first-order valence-corrected chi connectivity index (χ1v) is 13.6. The molecule has 0 aromatic heterocycles. The van der Waals surface area contributed by atoms with E-state index in [9.17, 15) is 12.8 Å². The number of morpholine rings is 2. The summed E-state index contributed by atoms with van der Waals surface area (Å²) in [6, 6.07) is 11.1. The molecule has 3 heterocycles. The molecule has 1 N–H and O–H groups in total. The van der Waals surface area contributed by atoms with E-state index in [4.69, 9.17) is 19.5 Å². The minimum absolute atomic E-state index is 0.0254. The van der Waals surface area contributed by atoms with Crippen LogP contribution < -0.4 is 14.2 Å². The highest BCUT2D eigenvalue weighted by Gasteiger charge is 2.34. The van der Waals surface area contributed by atoms with Crippen LogP contribution in [0.4, 0.5) is 4.39 Å². The molecular formula is C25H29FN4O5S. The molecule has 2 aromatic carbocycles. The van der Waals surface area contributed by atoms with Gasteiger partial charge in [0.05, 0.1) is 35.3 Å². The standard InChI is InChI=1S/C25H29FN4O5S/c26-23-11-18(13-27)1-3-25(23)34-10-8-30-16-20-14-29(15-21(17-30)35-20)7-6-28-36(31,32)22-2-4-24-19(12-22)5-9-33-24/h1-4,11-12,20-21,28H,5-10,14-17H2. The SMILES string of the molecule is N#Cc1ccc(OCCN2CC3CN(CCNS(=O)(=O)c4ccc5c(c4)CCO5)CC(C2)O3)c(F)c1. The smallest absolute Gasteiger partial charge is 0.240 e. The number of fused-ring (bicyclic) bond motifs is 3. The number of halogens is 1. The molecule has 192 valence electrons. The van der Waals surface area contributed by atoms with Gasteiger partial charge in [-0.1, -0.05) is 0 Å². The molecule has 2 unspecified atom stereocenters. The fourth-order valence-electron chi connectivity index (χ4n) is 4.95. The summed E-state index contributed by atoms with van der Waals surface area (Å²) in [7, 11) is -3.58. The van der Waals surface area contributed by atoms with Crippen molar-refractivity contribution in [3.63, 3.8) is 0 Å². The maximum absolute atomic E-state index is 14.0. The van der Waals surface area contributed by atoms with Crippen LogP contribution in [0.2, 0.25) is 0 Å². The Morgan fingerprint density at radius 1 is 1.08 bits per heavy atom. The van der Waals surface area contributed by atoms with E-state index >= 15 is 0 Å². The summed E-state index contributed by atoms with van der Waals surface area (Å²) in [6.07, 6.45) is 0.778. The number of nitrogens with one attached hydrogen (secondary N) is 1. The fraction of sp³-hybridized carbons (Fsp3) is 0.480. The average molecular weight is 517 g/mol. The van der Waals surface area contributed by atoms with E-state index in [0.29, 0.717) is 32.8 Å². The maximum Gasteiger partial charge on any atom is 0.240 e. The Balaban J connectivity index is 1.05. The van der Waals surface area contributed by atoms with Gasteiger partial charge in [0.1, 0.15) is 12.4 Å². The van der Waals surface area contributed by atoms with Crippen LogP contribution in [-0.4, -0.2) is 89.5 Å². The Morgan fingerprint density at radius 3 is 2.56 bits per heavy atom. The molecule has 0 saturated carbocycles. The van der Waals surface area contributed by atoms with E-state index in [1.54, 1.807) is 18.2 Å². The summed E-state index contributed by atoms with van der Waals surface area (Å²) in [5.74, 6) is 0.365. The van der Waals surface area contributed by atoms with Crippen LogP contribution in [0.5, 0.6) is 11.5 Å². The van der Waals surface area contributed by atoms with Crippen LogP contribution in [-0.2, 0) is 21.2 Å². The maximum atomic E-state index is 14.0. The molecule has 2 atom stereocenters. The van der Waals surface area contributed by atoms with Gasteiger partial charge in [-0.3, -0.25) is 9.80 Å². The molecule has 5 rings (SSSR count). The van der Waals surface area contributed by atoms with E-state index in [1.807, 2.05) is 6.07 Å². The third-order valence-electron chi connectivity index (χ3n) is 6.65. The van der Waals surface area contributed by atoms with E-state index in [0.717, 1.165) is 43.9 Å². The lowest BCUT2D eigenvalue weighted by atomic mass is 10.1. The van der Waals surface area contributed by atoms with Crippen LogP contribution >= 0.6 is 0 Å². The van der Waals surface area contributed by atoms with Crippen LogP contribution in [0, 0.1) is 17.1 Å². The average Bonchev–Trinajstić information content (AvgIpc) is 3.32. The van der Waals surface area contributed by atoms with Crippen LogP contribution in [0.25, 0.3) is 0 Å². The van der Waals surface area contributed by atoms with Gasteiger partial charge in [-0.05, 0) is 42.0 Å². The lowest BCUT2D eigenvalue weighted by Gasteiger charge is -2.45. The van der Waals surface area contributed by atoms with Crippen molar-refractivity contribution in [3.05, 3.63) is 53.3 Å². The predicted molar refractivity (Wildman–Crippen MR) is 129 cm³/mol. The van der Waals surface area contributed by atoms with E-state index < -0.39 is 15.8 Å². The second kappa shape index (κ2) is 10.7. The topological polar surface area (TPSA) is 104 Å². The summed E-state index contributed by atoms with van der Waals surface area (Å²) >= 11 is 0. The summed E-state index contributed by atoms with van der Waals surface area (Å²) < 4.78 is 59.3. The van der Waals surface area contributed by atoms with E-state index in [1.165, 1.54) is 18.2 Å². The first kappa shape index (κ1) is 24.9. The molecule has 2 aromatic rings. The lowest BCUT2D eigenvalue weighted by molar-refractivity contribution is -0.138. The summed E-state index contributed by atoms with van der Waals surface area (Å²) in [5, 5.41) is 8.84. The Morgan fingerprint density at radius 2 is 1.83 bits per heavy atom. The van der Waals surface area contributed by atoms with Gasteiger partial charge in [0.25, 0.3) is 0 Å². The Kier molecular flexibility index (Phi) is 7.41.